The van der Waals surface area contributed by atoms with Crippen LogP contribution < -0.4 is 4.90 Å². The summed E-state index contributed by atoms with van der Waals surface area (Å²) in [5.41, 5.74) is -0.561. The summed E-state index contributed by atoms with van der Waals surface area (Å²) in [5, 5.41) is 22.8. The summed E-state index contributed by atoms with van der Waals surface area (Å²) in [7, 11) is 0. The highest BCUT2D eigenvalue weighted by Crippen LogP contribution is 2.40. The standard InChI is InChI=1S/C18H19BrN4O4/c1-5-7-10-13(19)16(25)23(17(10)26-12(24)6-2)15-11(8-20)14(27-22-15)18(3,4)9-21/h17H,5-7H2,1-4H3. The van der Waals surface area contributed by atoms with Gasteiger partial charge in [0, 0.05) is 12.0 Å². The summed E-state index contributed by atoms with van der Waals surface area (Å²) in [5.74, 6) is -1.000. The lowest BCUT2D eigenvalue weighted by Gasteiger charge is -2.24. The van der Waals surface area contributed by atoms with Crippen LogP contribution in [0, 0.1) is 22.7 Å². The predicted octanol–water partition coefficient (Wildman–Crippen LogP) is 3.42. The molecule has 0 radical (unpaired) electrons. The number of esters is 1. The molecule has 0 aliphatic carbocycles. The zero-order valence-electron chi connectivity index (χ0n) is 15.5. The summed E-state index contributed by atoms with van der Waals surface area (Å²) >= 11 is 3.27. The van der Waals surface area contributed by atoms with Crippen molar-refractivity contribution in [3.05, 3.63) is 21.4 Å². The topological polar surface area (TPSA) is 120 Å². The maximum absolute atomic E-state index is 12.8. The molecule has 8 nitrogen and oxygen atoms in total. The first-order valence-corrected chi connectivity index (χ1v) is 9.25. The Morgan fingerprint density at radius 1 is 1.41 bits per heavy atom. The van der Waals surface area contributed by atoms with Crippen LogP contribution in [0.1, 0.15) is 58.3 Å². The molecule has 0 spiro atoms. The zero-order valence-corrected chi connectivity index (χ0v) is 17.1. The fraction of sp³-hybridized carbons (Fsp3) is 0.500. The first-order chi connectivity index (χ1) is 12.7. The van der Waals surface area contributed by atoms with E-state index in [1.807, 2.05) is 19.1 Å². The van der Waals surface area contributed by atoms with Crippen LogP contribution in [0.2, 0.25) is 0 Å². The zero-order chi connectivity index (χ0) is 20.4. The van der Waals surface area contributed by atoms with Gasteiger partial charge in [-0.05, 0) is 36.2 Å². The summed E-state index contributed by atoms with van der Waals surface area (Å²) in [6.07, 6.45) is 0.351. The smallest absolute Gasteiger partial charge is 0.307 e. The van der Waals surface area contributed by atoms with Gasteiger partial charge in [0.25, 0.3) is 5.91 Å². The number of anilines is 1. The van der Waals surface area contributed by atoms with Gasteiger partial charge >= 0.3 is 5.97 Å². The van der Waals surface area contributed by atoms with Gasteiger partial charge in [-0.25, -0.2) is 4.90 Å². The average molecular weight is 435 g/mol. The van der Waals surface area contributed by atoms with Gasteiger partial charge < -0.3 is 9.26 Å². The second-order valence-electron chi connectivity index (χ2n) is 6.52. The summed E-state index contributed by atoms with van der Waals surface area (Å²) < 4.78 is 11.0. The quantitative estimate of drug-likeness (QED) is 0.628. The number of nitrogens with zero attached hydrogens (tertiary/aromatic N) is 4. The number of hydrogen-bond donors (Lipinski definition) is 0. The molecule has 1 aliphatic rings. The molecule has 2 rings (SSSR count). The Labute approximate surface area is 165 Å². The number of aromatic nitrogens is 1. The van der Waals surface area contributed by atoms with Gasteiger partial charge in [0.05, 0.1) is 10.6 Å². The summed E-state index contributed by atoms with van der Waals surface area (Å²) in [6, 6.07) is 4.00. The molecule has 27 heavy (non-hydrogen) atoms. The third-order valence-electron chi connectivity index (χ3n) is 4.13. The minimum absolute atomic E-state index is 0.0366. The van der Waals surface area contributed by atoms with Crippen LogP contribution in [0.25, 0.3) is 0 Å². The van der Waals surface area contributed by atoms with Crippen molar-refractivity contribution in [2.24, 2.45) is 0 Å². The Kier molecular flexibility index (Phi) is 6.07. The molecule has 1 aromatic heterocycles. The van der Waals surface area contributed by atoms with Crippen LogP contribution in [-0.2, 0) is 19.7 Å². The third-order valence-corrected chi connectivity index (χ3v) is 4.98. The molecule has 9 heteroatoms. The van der Waals surface area contributed by atoms with Crippen molar-refractivity contribution in [3.8, 4) is 12.1 Å². The Morgan fingerprint density at radius 2 is 2.07 bits per heavy atom. The van der Waals surface area contributed by atoms with Gasteiger partial charge in [-0.2, -0.15) is 10.5 Å². The molecule has 142 valence electrons. The number of hydrogen-bond acceptors (Lipinski definition) is 7. The second-order valence-corrected chi connectivity index (χ2v) is 7.31. The van der Waals surface area contributed by atoms with E-state index in [9.17, 15) is 20.1 Å². The number of nitriles is 2. The van der Waals surface area contributed by atoms with Gasteiger partial charge in [0.2, 0.25) is 12.0 Å². The van der Waals surface area contributed by atoms with Crippen LogP contribution in [-0.4, -0.2) is 23.3 Å². The predicted molar refractivity (Wildman–Crippen MR) is 98.4 cm³/mol. The SMILES string of the molecule is CCCC1=C(Br)C(=O)N(c2noc(C(C)(C)C#N)c2C#N)C1OC(=O)CC. The molecule has 0 N–H and O–H groups in total. The molecule has 0 aromatic carbocycles. The van der Waals surface area contributed by atoms with Crippen molar-refractivity contribution < 1.29 is 18.8 Å². The number of carbonyl (C=O) groups is 2. The Bertz CT molecular complexity index is 888. The van der Waals surface area contributed by atoms with E-state index in [1.54, 1.807) is 20.8 Å². The fourth-order valence-electron chi connectivity index (χ4n) is 2.68. The van der Waals surface area contributed by atoms with Crippen molar-refractivity contribution >= 4 is 33.6 Å². The van der Waals surface area contributed by atoms with E-state index in [0.29, 0.717) is 12.0 Å². The number of carbonyl (C=O) groups excluding carboxylic acids is 2. The van der Waals surface area contributed by atoms with E-state index in [2.05, 4.69) is 21.1 Å². The van der Waals surface area contributed by atoms with E-state index >= 15 is 0 Å². The van der Waals surface area contributed by atoms with E-state index in [4.69, 9.17) is 9.26 Å². The average Bonchev–Trinajstić information content (AvgIpc) is 3.17. The van der Waals surface area contributed by atoms with Crippen molar-refractivity contribution in [1.82, 2.24) is 5.16 Å². The van der Waals surface area contributed by atoms with E-state index in [1.165, 1.54) is 0 Å². The lowest BCUT2D eigenvalue weighted by atomic mass is 9.90. The highest BCUT2D eigenvalue weighted by molar-refractivity contribution is 9.12. The van der Waals surface area contributed by atoms with Crippen LogP contribution in [0.3, 0.4) is 0 Å². The normalized spacial score (nSPS) is 17.1. The Hall–Kier alpha value is -2.65. The van der Waals surface area contributed by atoms with Crippen LogP contribution in [0.15, 0.2) is 14.6 Å². The molecular weight excluding hydrogens is 416 g/mol. The van der Waals surface area contributed by atoms with Crippen LogP contribution in [0.5, 0.6) is 0 Å². The molecule has 1 atom stereocenters. The lowest BCUT2D eigenvalue weighted by Crippen LogP contribution is -2.39. The minimum Gasteiger partial charge on any atom is -0.437 e. The van der Waals surface area contributed by atoms with Gasteiger partial charge in [0.1, 0.15) is 17.0 Å². The van der Waals surface area contributed by atoms with Crippen molar-refractivity contribution in [2.45, 2.75) is 58.6 Å². The third kappa shape index (κ3) is 3.60. The van der Waals surface area contributed by atoms with E-state index in [0.717, 1.165) is 11.3 Å². The number of halogens is 1. The molecule has 1 unspecified atom stereocenters. The molecule has 2 heterocycles. The van der Waals surface area contributed by atoms with Crippen molar-refractivity contribution in [3.63, 3.8) is 0 Å². The molecule has 0 saturated heterocycles. The Balaban J connectivity index is 2.60. The number of rotatable bonds is 6. The molecule has 0 saturated carbocycles. The highest BCUT2D eigenvalue weighted by Gasteiger charge is 2.45. The van der Waals surface area contributed by atoms with E-state index < -0.39 is 23.5 Å². The van der Waals surface area contributed by atoms with Gasteiger partial charge in [0.15, 0.2) is 5.76 Å². The molecular formula is C18H19BrN4O4. The largest absolute Gasteiger partial charge is 0.437 e. The van der Waals surface area contributed by atoms with Crippen molar-refractivity contribution in [2.75, 3.05) is 4.90 Å². The lowest BCUT2D eigenvalue weighted by molar-refractivity contribution is -0.147. The van der Waals surface area contributed by atoms with Gasteiger partial charge in [-0.1, -0.05) is 25.4 Å². The summed E-state index contributed by atoms with van der Waals surface area (Å²) in [4.78, 5) is 25.9. The maximum Gasteiger partial charge on any atom is 0.307 e. The molecule has 0 fully saturated rings. The van der Waals surface area contributed by atoms with Crippen molar-refractivity contribution in [1.29, 1.82) is 10.5 Å². The number of ether oxygens (including phenoxy) is 1. The Morgan fingerprint density at radius 3 is 2.59 bits per heavy atom. The van der Waals surface area contributed by atoms with Crippen LogP contribution in [0.4, 0.5) is 5.82 Å². The maximum atomic E-state index is 12.8. The molecule has 1 aliphatic heterocycles. The van der Waals surface area contributed by atoms with Crippen LogP contribution >= 0.6 is 15.9 Å². The first kappa shape index (κ1) is 20.7. The first-order valence-electron chi connectivity index (χ1n) is 8.46. The number of amides is 1. The molecule has 1 aromatic rings. The molecule has 1 amide bonds. The highest BCUT2D eigenvalue weighted by atomic mass is 79.9. The van der Waals surface area contributed by atoms with Gasteiger partial charge in [-0.3, -0.25) is 9.59 Å². The monoisotopic (exact) mass is 434 g/mol. The van der Waals surface area contributed by atoms with Gasteiger partial charge in [-0.15, -0.1) is 0 Å². The minimum atomic E-state index is -1.12. The van der Waals surface area contributed by atoms with E-state index in [-0.39, 0.29) is 28.0 Å². The molecule has 0 bridgehead atoms. The second kappa shape index (κ2) is 7.93. The summed E-state index contributed by atoms with van der Waals surface area (Å²) in [6.45, 7) is 6.74. The fourth-order valence-corrected chi connectivity index (χ4v) is 3.26.